The van der Waals surface area contributed by atoms with Gasteiger partial charge in [-0.25, -0.2) is 13.2 Å². The van der Waals surface area contributed by atoms with Crippen LogP contribution in [-0.4, -0.2) is 6.10 Å². The molecule has 0 aliphatic carbocycles. The number of ether oxygens (including phenoxy) is 1. The first-order valence-electron chi connectivity index (χ1n) is 10.1. The van der Waals surface area contributed by atoms with E-state index < -0.39 is 17.5 Å². The normalized spacial score (nSPS) is 18.9. The van der Waals surface area contributed by atoms with E-state index >= 15 is 0 Å². The van der Waals surface area contributed by atoms with Crippen molar-refractivity contribution in [2.24, 2.45) is 0 Å². The van der Waals surface area contributed by atoms with E-state index in [9.17, 15) is 13.2 Å². The number of rotatable bonds is 5. The summed E-state index contributed by atoms with van der Waals surface area (Å²) in [4.78, 5) is 0. The summed E-state index contributed by atoms with van der Waals surface area (Å²) in [5, 5.41) is 0. The minimum absolute atomic E-state index is 0.132. The quantitative estimate of drug-likeness (QED) is 0.435. The Balaban J connectivity index is 1.53. The van der Waals surface area contributed by atoms with Crippen LogP contribution in [0.2, 0.25) is 0 Å². The highest BCUT2D eigenvalue weighted by Crippen LogP contribution is 2.35. The Morgan fingerprint density at radius 2 is 1.45 bits per heavy atom. The molecule has 4 heteroatoms. The molecule has 0 amide bonds. The zero-order valence-electron chi connectivity index (χ0n) is 16.3. The Morgan fingerprint density at radius 3 is 2.14 bits per heavy atom. The highest BCUT2D eigenvalue weighted by Gasteiger charge is 2.25. The minimum Gasteiger partial charge on any atom is -0.370 e. The molecule has 0 saturated carbocycles. The predicted octanol–water partition coefficient (Wildman–Crippen LogP) is 7.46. The summed E-state index contributed by atoms with van der Waals surface area (Å²) in [7, 11) is 0. The smallest absolute Gasteiger partial charge is 0.159 e. The first kappa shape index (κ1) is 19.7. The van der Waals surface area contributed by atoms with Crippen LogP contribution in [0.25, 0.3) is 22.3 Å². The minimum atomic E-state index is -0.989. The van der Waals surface area contributed by atoms with Gasteiger partial charge in [-0.05, 0) is 59.7 Å². The van der Waals surface area contributed by atoms with Crippen LogP contribution in [0.1, 0.15) is 44.3 Å². The van der Waals surface area contributed by atoms with E-state index in [0.717, 1.165) is 54.5 Å². The standard InChI is InChI=1S/C25H23F3O/c1-2-3-20-10-13-25(29-20)17-6-4-16(5-7-17)18-8-11-21(23(27)14-18)19-9-12-22(26)24(28)15-19/h4-9,11-12,14-15,20,25H,2-3,10,13H2,1H3. The summed E-state index contributed by atoms with van der Waals surface area (Å²) in [6, 6.07) is 16.2. The Labute approximate surface area is 169 Å². The van der Waals surface area contributed by atoms with Crippen LogP contribution in [0, 0.1) is 17.5 Å². The zero-order chi connectivity index (χ0) is 20.4. The van der Waals surface area contributed by atoms with Crippen LogP contribution in [0.5, 0.6) is 0 Å². The van der Waals surface area contributed by atoms with Gasteiger partial charge in [0.1, 0.15) is 5.82 Å². The fraction of sp³-hybridized carbons (Fsp3) is 0.280. The Hall–Kier alpha value is -2.59. The lowest BCUT2D eigenvalue weighted by atomic mass is 9.97. The van der Waals surface area contributed by atoms with Crippen molar-refractivity contribution in [2.45, 2.75) is 44.8 Å². The van der Waals surface area contributed by atoms with Gasteiger partial charge in [0, 0.05) is 5.56 Å². The molecule has 3 aromatic carbocycles. The second-order valence-corrected chi connectivity index (χ2v) is 7.56. The lowest BCUT2D eigenvalue weighted by Gasteiger charge is -2.14. The van der Waals surface area contributed by atoms with Gasteiger partial charge >= 0.3 is 0 Å². The fourth-order valence-corrected chi connectivity index (χ4v) is 3.97. The molecule has 150 valence electrons. The van der Waals surface area contributed by atoms with E-state index in [1.807, 2.05) is 24.3 Å². The summed E-state index contributed by atoms with van der Waals surface area (Å²) < 4.78 is 47.4. The van der Waals surface area contributed by atoms with Crippen LogP contribution >= 0.6 is 0 Å². The van der Waals surface area contributed by atoms with Gasteiger partial charge in [0.15, 0.2) is 11.6 Å². The third-order valence-electron chi connectivity index (χ3n) is 5.53. The number of hydrogen-bond donors (Lipinski definition) is 0. The molecule has 1 saturated heterocycles. The van der Waals surface area contributed by atoms with Crippen LogP contribution in [0.4, 0.5) is 13.2 Å². The Bertz CT molecular complexity index is 997. The molecule has 0 bridgehead atoms. The van der Waals surface area contributed by atoms with Gasteiger partial charge < -0.3 is 4.74 Å². The summed E-state index contributed by atoms with van der Waals surface area (Å²) in [6.07, 6.45) is 4.83. The van der Waals surface area contributed by atoms with Gasteiger partial charge in [-0.2, -0.15) is 0 Å². The van der Waals surface area contributed by atoms with Crippen molar-refractivity contribution in [3.63, 3.8) is 0 Å². The number of benzene rings is 3. The fourth-order valence-electron chi connectivity index (χ4n) is 3.97. The molecule has 1 nitrogen and oxygen atoms in total. The molecular weight excluding hydrogens is 373 g/mol. The third kappa shape index (κ3) is 4.23. The van der Waals surface area contributed by atoms with Crippen molar-refractivity contribution in [1.82, 2.24) is 0 Å². The van der Waals surface area contributed by atoms with Crippen molar-refractivity contribution in [3.8, 4) is 22.3 Å². The van der Waals surface area contributed by atoms with Gasteiger partial charge in [-0.15, -0.1) is 0 Å². The lowest BCUT2D eigenvalue weighted by Crippen LogP contribution is -2.05. The lowest BCUT2D eigenvalue weighted by molar-refractivity contribution is 0.0397. The number of halogens is 3. The average molecular weight is 396 g/mol. The van der Waals surface area contributed by atoms with Crippen LogP contribution < -0.4 is 0 Å². The van der Waals surface area contributed by atoms with Gasteiger partial charge in [-0.3, -0.25) is 0 Å². The summed E-state index contributed by atoms with van der Waals surface area (Å²) in [5.74, 6) is -2.41. The monoisotopic (exact) mass is 396 g/mol. The van der Waals surface area contributed by atoms with E-state index in [-0.39, 0.29) is 11.7 Å². The van der Waals surface area contributed by atoms with Gasteiger partial charge in [0.25, 0.3) is 0 Å². The molecule has 0 radical (unpaired) electrons. The summed E-state index contributed by atoms with van der Waals surface area (Å²) in [6.45, 7) is 2.17. The van der Waals surface area contributed by atoms with Crippen LogP contribution in [-0.2, 0) is 4.74 Å². The maximum Gasteiger partial charge on any atom is 0.159 e. The third-order valence-corrected chi connectivity index (χ3v) is 5.53. The summed E-state index contributed by atoms with van der Waals surface area (Å²) in [5.41, 5.74) is 3.32. The molecule has 4 rings (SSSR count). The molecule has 3 aromatic rings. The maximum absolute atomic E-state index is 14.7. The van der Waals surface area contributed by atoms with E-state index in [1.165, 1.54) is 12.1 Å². The first-order chi connectivity index (χ1) is 14.0. The highest BCUT2D eigenvalue weighted by atomic mass is 19.2. The second-order valence-electron chi connectivity index (χ2n) is 7.56. The second kappa shape index (κ2) is 8.42. The molecule has 0 aromatic heterocycles. The molecule has 1 fully saturated rings. The largest absolute Gasteiger partial charge is 0.370 e. The van der Waals surface area contributed by atoms with Gasteiger partial charge in [0.05, 0.1) is 12.2 Å². The van der Waals surface area contributed by atoms with E-state index in [0.29, 0.717) is 11.7 Å². The van der Waals surface area contributed by atoms with E-state index in [2.05, 4.69) is 6.92 Å². The average Bonchev–Trinajstić information content (AvgIpc) is 3.19. The van der Waals surface area contributed by atoms with Crippen molar-refractivity contribution >= 4 is 0 Å². The number of hydrogen-bond acceptors (Lipinski definition) is 1. The van der Waals surface area contributed by atoms with E-state index in [4.69, 9.17) is 4.74 Å². The maximum atomic E-state index is 14.7. The summed E-state index contributed by atoms with van der Waals surface area (Å²) >= 11 is 0. The van der Waals surface area contributed by atoms with Crippen molar-refractivity contribution in [3.05, 3.63) is 83.7 Å². The van der Waals surface area contributed by atoms with Crippen molar-refractivity contribution in [1.29, 1.82) is 0 Å². The molecule has 2 atom stereocenters. The highest BCUT2D eigenvalue weighted by molar-refractivity contribution is 5.71. The molecule has 1 heterocycles. The van der Waals surface area contributed by atoms with Crippen molar-refractivity contribution in [2.75, 3.05) is 0 Å². The molecule has 1 aliphatic heterocycles. The molecule has 0 spiro atoms. The van der Waals surface area contributed by atoms with E-state index in [1.54, 1.807) is 12.1 Å². The predicted molar refractivity (Wildman–Crippen MR) is 109 cm³/mol. The molecular formula is C25H23F3O. The molecule has 1 aliphatic rings. The Morgan fingerprint density at radius 1 is 0.759 bits per heavy atom. The Kier molecular flexibility index (Phi) is 5.72. The molecule has 29 heavy (non-hydrogen) atoms. The zero-order valence-corrected chi connectivity index (χ0v) is 16.3. The molecule has 2 unspecified atom stereocenters. The molecule has 0 N–H and O–H groups in total. The topological polar surface area (TPSA) is 9.23 Å². The van der Waals surface area contributed by atoms with Crippen LogP contribution in [0.15, 0.2) is 60.7 Å². The van der Waals surface area contributed by atoms with Gasteiger partial charge in [-0.1, -0.05) is 55.8 Å². The van der Waals surface area contributed by atoms with Gasteiger partial charge in [0.2, 0.25) is 0 Å². The first-order valence-corrected chi connectivity index (χ1v) is 10.1. The SMILES string of the molecule is CCCC1CCC(c2ccc(-c3ccc(-c4ccc(F)c(F)c4)c(F)c3)cc2)O1. The van der Waals surface area contributed by atoms with Crippen molar-refractivity contribution < 1.29 is 17.9 Å². The van der Waals surface area contributed by atoms with Crippen LogP contribution in [0.3, 0.4) is 0 Å².